The van der Waals surface area contributed by atoms with E-state index in [1.54, 1.807) is 12.4 Å². The van der Waals surface area contributed by atoms with Crippen molar-refractivity contribution in [3.8, 4) is 0 Å². The molecule has 0 bridgehead atoms. The van der Waals surface area contributed by atoms with Crippen molar-refractivity contribution in [1.29, 1.82) is 0 Å². The van der Waals surface area contributed by atoms with Crippen LogP contribution >= 0.6 is 0 Å². The van der Waals surface area contributed by atoms with Crippen molar-refractivity contribution < 1.29 is 9.90 Å². The molecule has 4 heteroatoms. The highest BCUT2D eigenvalue weighted by Crippen LogP contribution is 2.57. The van der Waals surface area contributed by atoms with Gasteiger partial charge in [0, 0.05) is 25.0 Å². The molecule has 2 aliphatic rings. The van der Waals surface area contributed by atoms with Crippen LogP contribution in [0.3, 0.4) is 0 Å². The molecule has 1 N–H and O–H groups in total. The van der Waals surface area contributed by atoms with E-state index in [0.717, 1.165) is 6.54 Å². The molecule has 3 rings (SSSR count). The Balaban J connectivity index is 1.91. The zero-order chi connectivity index (χ0) is 13.6. The van der Waals surface area contributed by atoms with Gasteiger partial charge in [0.15, 0.2) is 0 Å². The van der Waals surface area contributed by atoms with E-state index in [2.05, 4.69) is 9.88 Å². The van der Waals surface area contributed by atoms with Crippen LogP contribution in [0.15, 0.2) is 24.5 Å². The second-order valence-electron chi connectivity index (χ2n) is 6.11. The molecule has 0 radical (unpaired) electrons. The predicted molar refractivity (Wildman–Crippen MR) is 71.5 cm³/mol. The molecule has 1 aliphatic heterocycles. The molecule has 0 spiro atoms. The van der Waals surface area contributed by atoms with Gasteiger partial charge < -0.3 is 5.11 Å². The highest BCUT2D eigenvalue weighted by atomic mass is 16.4. The van der Waals surface area contributed by atoms with Gasteiger partial charge in [-0.05, 0) is 41.9 Å². The predicted octanol–water partition coefficient (Wildman–Crippen LogP) is 2.18. The molecule has 1 saturated carbocycles. The first-order chi connectivity index (χ1) is 9.09. The Labute approximate surface area is 113 Å². The molecule has 2 heterocycles. The number of piperidine rings is 1. The molecule has 0 amide bonds. The molecule has 1 aromatic rings. The summed E-state index contributed by atoms with van der Waals surface area (Å²) in [6.45, 7) is 4.91. The Morgan fingerprint density at radius 2 is 2.11 bits per heavy atom. The minimum atomic E-state index is -0.699. The quantitative estimate of drug-likeness (QED) is 0.901. The largest absolute Gasteiger partial charge is 0.480 e. The number of aliphatic carboxylic acids is 1. The average molecular weight is 260 g/mol. The maximum Gasteiger partial charge on any atom is 0.321 e. The van der Waals surface area contributed by atoms with Crippen molar-refractivity contribution in [2.45, 2.75) is 32.4 Å². The van der Waals surface area contributed by atoms with Gasteiger partial charge in [0.05, 0.1) is 0 Å². The Morgan fingerprint density at radius 3 is 2.68 bits per heavy atom. The van der Waals surface area contributed by atoms with Crippen LogP contribution in [0.25, 0.3) is 0 Å². The van der Waals surface area contributed by atoms with Gasteiger partial charge in [0.25, 0.3) is 0 Å². The van der Waals surface area contributed by atoms with E-state index in [9.17, 15) is 9.90 Å². The van der Waals surface area contributed by atoms with E-state index in [1.165, 1.54) is 12.0 Å². The Hall–Kier alpha value is -1.42. The first kappa shape index (κ1) is 12.6. The van der Waals surface area contributed by atoms with Crippen LogP contribution in [0.2, 0.25) is 0 Å². The Kier molecular flexibility index (Phi) is 3.05. The van der Waals surface area contributed by atoms with E-state index >= 15 is 0 Å². The standard InChI is InChI=1S/C15H20N2O2/c1-9(2)13(15(18)19)17-8-11-7-12(11)14(17)10-3-5-16-6-4-10/h3-6,9,11-14H,7-8H2,1-2H3,(H,18,19)/t11-,12-,13+,14-/m1/s1. The summed E-state index contributed by atoms with van der Waals surface area (Å²) in [6, 6.07) is 3.93. The summed E-state index contributed by atoms with van der Waals surface area (Å²) in [5, 5.41) is 9.52. The maximum atomic E-state index is 11.6. The second kappa shape index (κ2) is 4.60. The minimum Gasteiger partial charge on any atom is -0.480 e. The lowest BCUT2D eigenvalue weighted by molar-refractivity contribution is -0.146. The van der Waals surface area contributed by atoms with E-state index in [-0.39, 0.29) is 18.0 Å². The van der Waals surface area contributed by atoms with Crippen LogP contribution in [-0.4, -0.2) is 33.5 Å². The number of fused-ring (bicyclic) bond motifs is 1. The van der Waals surface area contributed by atoms with Crippen LogP contribution in [-0.2, 0) is 4.79 Å². The minimum absolute atomic E-state index is 0.124. The van der Waals surface area contributed by atoms with E-state index in [1.807, 2.05) is 26.0 Å². The van der Waals surface area contributed by atoms with Crippen LogP contribution in [0.5, 0.6) is 0 Å². The zero-order valence-electron chi connectivity index (χ0n) is 11.4. The summed E-state index contributed by atoms with van der Waals surface area (Å²) in [7, 11) is 0. The fraction of sp³-hybridized carbons (Fsp3) is 0.600. The van der Waals surface area contributed by atoms with E-state index in [0.29, 0.717) is 11.8 Å². The van der Waals surface area contributed by atoms with E-state index in [4.69, 9.17) is 0 Å². The second-order valence-corrected chi connectivity index (χ2v) is 6.11. The summed E-state index contributed by atoms with van der Waals surface area (Å²) in [5.74, 6) is 0.761. The van der Waals surface area contributed by atoms with Gasteiger partial charge >= 0.3 is 5.97 Å². The SMILES string of the molecule is CC(C)[C@@H](C(=O)O)N1C[C@H]2C[C@H]2[C@H]1c1ccncc1. The first-order valence-corrected chi connectivity index (χ1v) is 6.98. The molecule has 1 aromatic heterocycles. The van der Waals surface area contributed by atoms with Crippen molar-refractivity contribution in [3.05, 3.63) is 30.1 Å². The lowest BCUT2D eigenvalue weighted by Gasteiger charge is -2.35. The molecule has 4 nitrogen and oxygen atoms in total. The lowest BCUT2D eigenvalue weighted by Crippen LogP contribution is -2.45. The molecule has 1 aliphatic carbocycles. The number of nitrogens with zero attached hydrogens (tertiary/aromatic N) is 2. The van der Waals surface area contributed by atoms with Crippen molar-refractivity contribution in [1.82, 2.24) is 9.88 Å². The van der Waals surface area contributed by atoms with Gasteiger partial charge in [-0.3, -0.25) is 14.7 Å². The van der Waals surface area contributed by atoms with Gasteiger partial charge in [-0.2, -0.15) is 0 Å². The molecule has 4 atom stereocenters. The van der Waals surface area contributed by atoms with Crippen molar-refractivity contribution in [2.24, 2.45) is 17.8 Å². The summed E-state index contributed by atoms with van der Waals surface area (Å²) in [5.41, 5.74) is 1.21. The van der Waals surface area contributed by atoms with Crippen molar-refractivity contribution in [2.75, 3.05) is 6.54 Å². The van der Waals surface area contributed by atoms with Crippen molar-refractivity contribution >= 4 is 5.97 Å². The topological polar surface area (TPSA) is 53.4 Å². The highest BCUT2D eigenvalue weighted by molar-refractivity contribution is 5.74. The molecule has 2 fully saturated rings. The third-order valence-electron chi connectivity index (χ3n) is 4.47. The zero-order valence-corrected chi connectivity index (χ0v) is 11.4. The molecule has 0 aromatic carbocycles. The van der Waals surface area contributed by atoms with Gasteiger partial charge in [-0.1, -0.05) is 13.8 Å². The summed E-state index contributed by atoms with van der Waals surface area (Å²) < 4.78 is 0. The Bertz CT molecular complexity index is 474. The number of pyridine rings is 1. The smallest absolute Gasteiger partial charge is 0.321 e. The monoisotopic (exact) mass is 260 g/mol. The van der Waals surface area contributed by atoms with Crippen LogP contribution in [0.4, 0.5) is 0 Å². The number of hydrogen-bond donors (Lipinski definition) is 1. The number of carbonyl (C=O) groups is 1. The normalized spacial score (nSPS) is 31.2. The molecular formula is C15H20N2O2. The Morgan fingerprint density at radius 1 is 1.42 bits per heavy atom. The van der Waals surface area contributed by atoms with Crippen LogP contribution in [0.1, 0.15) is 31.9 Å². The fourth-order valence-electron chi connectivity index (χ4n) is 3.59. The molecule has 19 heavy (non-hydrogen) atoms. The first-order valence-electron chi connectivity index (χ1n) is 6.98. The number of carboxylic acid groups (broad SMARTS) is 1. The number of hydrogen-bond acceptors (Lipinski definition) is 3. The van der Waals surface area contributed by atoms with Crippen molar-refractivity contribution in [3.63, 3.8) is 0 Å². The van der Waals surface area contributed by atoms with Crippen LogP contribution in [0, 0.1) is 17.8 Å². The fourth-order valence-corrected chi connectivity index (χ4v) is 3.59. The number of rotatable bonds is 4. The summed E-state index contributed by atoms with van der Waals surface area (Å²) in [4.78, 5) is 17.8. The summed E-state index contributed by atoms with van der Waals surface area (Å²) in [6.07, 6.45) is 4.84. The maximum absolute atomic E-state index is 11.6. The number of likely N-dealkylation sites (tertiary alicyclic amines) is 1. The van der Waals surface area contributed by atoms with Crippen LogP contribution < -0.4 is 0 Å². The summed E-state index contributed by atoms with van der Waals surface area (Å²) >= 11 is 0. The number of carboxylic acids is 1. The van der Waals surface area contributed by atoms with Gasteiger partial charge in [-0.15, -0.1) is 0 Å². The van der Waals surface area contributed by atoms with Gasteiger partial charge in [-0.25, -0.2) is 0 Å². The molecule has 1 saturated heterocycles. The highest BCUT2D eigenvalue weighted by Gasteiger charge is 2.55. The average Bonchev–Trinajstić information content (AvgIpc) is 3.01. The van der Waals surface area contributed by atoms with Gasteiger partial charge in [0.1, 0.15) is 6.04 Å². The van der Waals surface area contributed by atoms with E-state index < -0.39 is 5.97 Å². The number of aromatic nitrogens is 1. The molecule has 0 unspecified atom stereocenters. The molecular weight excluding hydrogens is 240 g/mol. The van der Waals surface area contributed by atoms with Gasteiger partial charge in [0.2, 0.25) is 0 Å². The molecule has 102 valence electrons. The third-order valence-corrected chi connectivity index (χ3v) is 4.47. The third kappa shape index (κ3) is 2.14. The lowest BCUT2D eigenvalue weighted by atomic mass is 9.97.